The zero-order chi connectivity index (χ0) is 28.5. The summed E-state index contributed by atoms with van der Waals surface area (Å²) in [4.78, 5) is 58.9. The maximum absolute atomic E-state index is 13.4. The summed E-state index contributed by atoms with van der Waals surface area (Å²) in [6, 6.07) is 2.94. The number of fused-ring (bicyclic) bond motifs is 1. The van der Waals surface area contributed by atoms with Crippen molar-refractivity contribution in [1.29, 1.82) is 0 Å². The number of nitrogens with two attached hydrogens (primary N) is 3. The number of carboxylic acids is 1. The van der Waals surface area contributed by atoms with Crippen molar-refractivity contribution in [3.8, 4) is 0 Å². The molecule has 1 aliphatic heterocycles. The molecule has 14 heteroatoms. The fourth-order valence-electron chi connectivity index (χ4n) is 4.60. The predicted molar refractivity (Wildman–Crippen MR) is 143 cm³/mol. The number of carbonyl (C=O) groups excluding carboxylic acids is 3. The highest BCUT2D eigenvalue weighted by molar-refractivity contribution is 5.95. The summed E-state index contributed by atoms with van der Waals surface area (Å²) in [7, 11) is 0. The first-order valence-electron chi connectivity index (χ1n) is 12.7. The number of aliphatic hydroxyl groups excluding tert-OH is 1. The molecule has 0 bridgehead atoms. The van der Waals surface area contributed by atoms with E-state index in [9.17, 15) is 29.4 Å². The van der Waals surface area contributed by atoms with Crippen LogP contribution in [-0.4, -0.2) is 93.6 Å². The minimum absolute atomic E-state index is 0.0656. The molecule has 212 valence electrons. The lowest BCUT2D eigenvalue weighted by molar-refractivity contribution is -0.150. The Morgan fingerprint density at radius 3 is 2.54 bits per heavy atom. The van der Waals surface area contributed by atoms with Gasteiger partial charge in [0.1, 0.15) is 18.1 Å². The number of amides is 3. The minimum atomic E-state index is -1.38. The summed E-state index contributed by atoms with van der Waals surface area (Å²) in [6.07, 6.45) is 3.27. The molecular weight excluding hydrogens is 508 g/mol. The highest BCUT2D eigenvalue weighted by Gasteiger charge is 2.38. The fraction of sp³-hybridized carbons (Fsp3) is 0.480. The van der Waals surface area contributed by atoms with E-state index in [2.05, 4.69) is 20.6 Å². The molecule has 4 unspecified atom stereocenters. The summed E-state index contributed by atoms with van der Waals surface area (Å²) < 4.78 is 0. The molecule has 3 amide bonds. The standard InChI is InChI=1S/C25H36N8O6/c26-16(6-3-9-29-25(27)28)21(35)31-18(11-14-12-30-17-7-2-1-5-15(14)17)22(36)32-19(13-34)23(37)33-10-4-8-20(33)24(38)39/h1-2,5,7,12,16,18-20,30,34H,3-4,6,8-11,13,26H2,(H,31,35)(H,32,36)(H,38,39)(H4,27,28,29). The van der Waals surface area contributed by atoms with Crippen LogP contribution in [0.4, 0.5) is 0 Å². The summed E-state index contributed by atoms with van der Waals surface area (Å²) in [5.74, 6) is -3.23. The molecule has 3 rings (SSSR count). The van der Waals surface area contributed by atoms with Crippen LogP contribution in [0.15, 0.2) is 35.5 Å². The van der Waals surface area contributed by atoms with Gasteiger partial charge in [0.05, 0.1) is 12.6 Å². The van der Waals surface area contributed by atoms with Gasteiger partial charge >= 0.3 is 5.97 Å². The third-order valence-corrected chi connectivity index (χ3v) is 6.65. The van der Waals surface area contributed by atoms with E-state index < -0.39 is 54.5 Å². The number of aliphatic imine (C=N–C) groups is 1. The second-order valence-electron chi connectivity index (χ2n) is 9.45. The number of H-pyrrole nitrogens is 1. The van der Waals surface area contributed by atoms with Gasteiger partial charge in [-0.15, -0.1) is 0 Å². The number of hydrogen-bond acceptors (Lipinski definition) is 7. The zero-order valence-corrected chi connectivity index (χ0v) is 21.5. The third kappa shape index (κ3) is 7.67. The Bertz CT molecular complexity index is 1210. The van der Waals surface area contributed by atoms with Crippen LogP contribution in [0.2, 0.25) is 0 Å². The van der Waals surface area contributed by atoms with Crippen molar-refractivity contribution in [2.24, 2.45) is 22.2 Å². The van der Waals surface area contributed by atoms with Crippen LogP contribution < -0.4 is 27.8 Å². The molecule has 11 N–H and O–H groups in total. The lowest BCUT2D eigenvalue weighted by Gasteiger charge is -2.28. The number of nitrogens with one attached hydrogen (secondary N) is 3. The number of aliphatic hydroxyl groups is 1. The molecule has 4 atom stereocenters. The first-order valence-corrected chi connectivity index (χ1v) is 12.7. The van der Waals surface area contributed by atoms with Crippen LogP contribution in [0.1, 0.15) is 31.2 Å². The Morgan fingerprint density at radius 1 is 1.13 bits per heavy atom. The monoisotopic (exact) mass is 544 g/mol. The molecule has 1 saturated heterocycles. The van der Waals surface area contributed by atoms with E-state index in [1.54, 1.807) is 6.20 Å². The third-order valence-electron chi connectivity index (χ3n) is 6.65. The zero-order valence-electron chi connectivity index (χ0n) is 21.5. The second-order valence-corrected chi connectivity index (χ2v) is 9.45. The molecule has 2 heterocycles. The van der Waals surface area contributed by atoms with Gasteiger partial charge < -0.3 is 47.9 Å². The van der Waals surface area contributed by atoms with Crippen LogP contribution in [0.3, 0.4) is 0 Å². The summed E-state index contributed by atoms with van der Waals surface area (Å²) in [5, 5.41) is 25.3. The van der Waals surface area contributed by atoms with Crippen LogP contribution in [-0.2, 0) is 25.6 Å². The minimum Gasteiger partial charge on any atom is -0.480 e. The molecule has 0 saturated carbocycles. The highest BCUT2D eigenvalue weighted by atomic mass is 16.4. The maximum atomic E-state index is 13.4. The molecule has 14 nitrogen and oxygen atoms in total. The number of aromatic nitrogens is 1. The number of likely N-dealkylation sites (tertiary alicyclic amines) is 1. The number of carbonyl (C=O) groups is 4. The van der Waals surface area contributed by atoms with Gasteiger partial charge in [0.15, 0.2) is 5.96 Å². The van der Waals surface area contributed by atoms with E-state index in [1.165, 1.54) is 0 Å². The average Bonchev–Trinajstić information content (AvgIpc) is 3.56. The normalized spacial score (nSPS) is 17.3. The van der Waals surface area contributed by atoms with E-state index in [4.69, 9.17) is 17.2 Å². The number of hydrogen-bond donors (Lipinski definition) is 8. The number of carboxylic acid groups (broad SMARTS) is 1. The van der Waals surface area contributed by atoms with Crippen molar-refractivity contribution >= 4 is 40.6 Å². The van der Waals surface area contributed by atoms with E-state index in [0.29, 0.717) is 12.8 Å². The number of aromatic amines is 1. The molecular formula is C25H36N8O6. The van der Waals surface area contributed by atoms with E-state index in [0.717, 1.165) is 21.4 Å². The molecule has 1 aromatic carbocycles. The Labute approximate surface area is 225 Å². The number of aliphatic carboxylic acids is 1. The van der Waals surface area contributed by atoms with Gasteiger partial charge in [-0.2, -0.15) is 0 Å². The van der Waals surface area contributed by atoms with E-state index in [-0.39, 0.29) is 38.3 Å². The summed E-state index contributed by atoms with van der Waals surface area (Å²) in [5.41, 5.74) is 18.2. The molecule has 1 aromatic heterocycles. The van der Waals surface area contributed by atoms with Gasteiger partial charge in [-0.1, -0.05) is 18.2 Å². The Hall–Kier alpha value is -4.17. The maximum Gasteiger partial charge on any atom is 0.326 e. The molecule has 0 spiro atoms. The topological polar surface area (TPSA) is 242 Å². The lowest BCUT2D eigenvalue weighted by atomic mass is 10.0. The Kier molecular flexibility index (Phi) is 10.2. The SMILES string of the molecule is NC(N)=NCCCC(N)C(=O)NC(Cc1c[nH]c2ccccc12)C(=O)NC(CO)C(=O)N1CCCC1C(=O)O. The van der Waals surface area contributed by atoms with Gasteiger partial charge in [0.2, 0.25) is 17.7 Å². The smallest absolute Gasteiger partial charge is 0.326 e. The molecule has 2 aromatic rings. The van der Waals surface area contributed by atoms with Gasteiger partial charge in [-0.25, -0.2) is 4.79 Å². The first kappa shape index (κ1) is 29.4. The fourth-order valence-corrected chi connectivity index (χ4v) is 4.60. The average molecular weight is 545 g/mol. The number of benzene rings is 1. The molecule has 0 aliphatic carbocycles. The number of nitrogens with zero attached hydrogens (tertiary/aromatic N) is 2. The predicted octanol–water partition coefficient (Wildman–Crippen LogP) is -1.87. The van der Waals surface area contributed by atoms with E-state index >= 15 is 0 Å². The summed E-state index contributed by atoms with van der Waals surface area (Å²) in [6.45, 7) is -0.255. The van der Waals surface area contributed by atoms with Crippen LogP contribution in [0.5, 0.6) is 0 Å². The number of para-hydroxylation sites is 1. The van der Waals surface area contributed by atoms with Crippen molar-refractivity contribution in [3.63, 3.8) is 0 Å². The summed E-state index contributed by atoms with van der Waals surface area (Å²) >= 11 is 0. The van der Waals surface area contributed by atoms with Crippen molar-refractivity contribution in [2.45, 2.75) is 56.3 Å². The van der Waals surface area contributed by atoms with Gasteiger partial charge in [0, 0.05) is 36.6 Å². The van der Waals surface area contributed by atoms with Crippen molar-refractivity contribution < 1.29 is 29.4 Å². The highest BCUT2D eigenvalue weighted by Crippen LogP contribution is 2.20. The number of guanidine groups is 1. The van der Waals surface area contributed by atoms with E-state index in [1.807, 2.05) is 24.3 Å². The van der Waals surface area contributed by atoms with Crippen molar-refractivity contribution in [3.05, 3.63) is 36.0 Å². The quantitative estimate of drug-likeness (QED) is 0.0798. The van der Waals surface area contributed by atoms with Crippen molar-refractivity contribution in [2.75, 3.05) is 19.7 Å². The molecule has 0 radical (unpaired) electrons. The Morgan fingerprint density at radius 2 is 1.85 bits per heavy atom. The van der Waals surface area contributed by atoms with Crippen LogP contribution >= 0.6 is 0 Å². The Balaban J connectivity index is 1.75. The van der Waals surface area contributed by atoms with Crippen LogP contribution in [0.25, 0.3) is 10.9 Å². The van der Waals surface area contributed by atoms with Gasteiger partial charge in [-0.05, 0) is 37.3 Å². The number of rotatable bonds is 13. The van der Waals surface area contributed by atoms with Crippen LogP contribution in [0, 0.1) is 0 Å². The first-order chi connectivity index (χ1) is 18.6. The molecule has 39 heavy (non-hydrogen) atoms. The molecule has 1 fully saturated rings. The largest absolute Gasteiger partial charge is 0.480 e. The van der Waals surface area contributed by atoms with Crippen molar-refractivity contribution in [1.82, 2.24) is 20.5 Å². The molecule has 1 aliphatic rings. The second kappa shape index (κ2) is 13.6. The van der Waals surface area contributed by atoms with Gasteiger partial charge in [-0.3, -0.25) is 19.4 Å². The van der Waals surface area contributed by atoms with Gasteiger partial charge in [0.25, 0.3) is 0 Å². The lowest BCUT2D eigenvalue weighted by Crippen LogP contribution is -2.58.